The van der Waals surface area contributed by atoms with E-state index in [1.54, 1.807) is 17.1 Å². The number of aryl methyl sites for hydroxylation is 1. The van der Waals surface area contributed by atoms with E-state index < -0.39 is 0 Å². The van der Waals surface area contributed by atoms with Crippen molar-refractivity contribution in [1.82, 2.24) is 9.55 Å². The molecule has 1 rings (SSSR count). The minimum absolute atomic E-state index is 0.361. The first-order valence-electron chi connectivity index (χ1n) is 3.13. The highest BCUT2D eigenvalue weighted by Crippen LogP contribution is 1.93. The second-order valence-corrected chi connectivity index (χ2v) is 2.00. The number of alkyl halides is 1. The number of halogens is 1. The fourth-order valence-corrected chi connectivity index (χ4v) is 0.732. The Kier molecular flexibility index (Phi) is 2.39. The van der Waals surface area contributed by atoms with E-state index in [9.17, 15) is 4.39 Å². The van der Waals surface area contributed by atoms with E-state index in [2.05, 4.69) is 4.98 Å². The van der Waals surface area contributed by atoms with Crippen LogP contribution in [-0.2, 0) is 13.1 Å². The van der Waals surface area contributed by atoms with E-state index in [0.717, 1.165) is 5.69 Å². The molecule has 0 saturated carbocycles. The number of hydrogen-bond donors (Lipinski definition) is 1. The van der Waals surface area contributed by atoms with E-state index in [-0.39, 0.29) is 6.67 Å². The minimum Gasteiger partial charge on any atom is -0.335 e. The van der Waals surface area contributed by atoms with Crippen LogP contribution in [0.15, 0.2) is 12.5 Å². The van der Waals surface area contributed by atoms with Crippen LogP contribution in [0.1, 0.15) is 5.69 Å². The standard InChI is InChI=1S/C6H10FN3/c7-1-2-10-4-6(3-8)9-5-10/h4-5H,1-3,8H2. The van der Waals surface area contributed by atoms with Gasteiger partial charge in [-0.25, -0.2) is 9.37 Å². The second-order valence-electron chi connectivity index (χ2n) is 2.00. The third-order valence-electron chi connectivity index (χ3n) is 1.24. The molecule has 0 unspecified atom stereocenters. The highest BCUT2D eigenvalue weighted by atomic mass is 19.1. The zero-order valence-electron chi connectivity index (χ0n) is 5.63. The second kappa shape index (κ2) is 3.31. The Hall–Kier alpha value is -0.900. The number of nitrogens with zero attached hydrogens (tertiary/aromatic N) is 2. The zero-order valence-corrected chi connectivity index (χ0v) is 5.63. The maximum atomic E-state index is 11.7. The van der Waals surface area contributed by atoms with Crippen LogP contribution in [-0.4, -0.2) is 16.2 Å². The molecule has 0 bridgehead atoms. The Morgan fingerprint density at radius 3 is 3.00 bits per heavy atom. The van der Waals surface area contributed by atoms with Gasteiger partial charge in [0.2, 0.25) is 0 Å². The number of aromatic nitrogens is 2. The van der Waals surface area contributed by atoms with Crippen molar-refractivity contribution in [2.75, 3.05) is 6.67 Å². The van der Waals surface area contributed by atoms with Gasteiger partial charge in [-0.1, -0.05) is 0 Å². The number of hydrogen-bond acceptors (Lipinski definition) is 2. The summed E-state index contributed by atoms with van der Waals surface area (Å²) in [7, 11) is 0. The summed E-state index contributed by atoms with van der Waals surface area (Å²) in [5, 5.41) is 0. The fourth-order valence-electron chi connectivity index (χ4n) is 0.732. The van der Waals surface area contributed by atoms with Crippen molar-refractivity contribution >= 4 is 0 Å². The largest absolute Gasteiger partial charge is 0.335 e. The van der Waals surface area contributed by atoms with Crippen LogP contribution in [0.5, 0.6) is 0 Å². The molecule has 0 spiro atoms. The van der Waals surface area contributed by atoms with Crippen molar-refractivity contribution in [3.05, 3.63) is 18.2 Å². The van der Waals surface area contributed by atoms with Crippen LogP contribution >= 0.6 is 0 Å². The third kappa shape index (κ3) is 1.54. The Balaban J connectivity index is 2.59. The number of nitrogens with two attached hydrogens (primary N) is 1. The van der Waals surface area contributed by atoms with Crippen molar-refractivity contribution in [3.8, 4) is 0 Å². The lowest BCUT2D eigenvalue weighted by atomic mass is 10.5. The molecule has 0 saturated heterocycles. The topological polar surface area (TPSA) is 43.8 Å². The van der Waals surface area contributed by atoms with E-state index in [1.165, 1.54) is 0 Å². The molecule has 4 heteroatoms. The molecule has 0 aromatic carbocycles. The predicted octanol–water partition coefficient (Wildman–Crippen LogP) is 0.311. The van der Waals surface area contributed by atoms with Crippen LogP contribution in [0.4, 0.5) is 4.39 Å². The molecule has 0 atom stereocenters. The molecule has 3 nitrogen and oxygen atoms in total. The summed E-state index contributed by atoms with van der Waals surface area (Å²) >= 11 is 0. The molecule has 0 aliphatic rings. The molecule has 56 valence electrons. The average Bonchev–Trinajstić information content (AvgIpc) is 2.37. The van der Waals surface area contributed by atoms with Crippen molar-refractivity contribution < 1.29 is 4.39 Å². The first-order valence-corrected chi connectivity index (χ1v) is 3.13. The van der Waals surface area contributed by atoms with E-state index >= 15 is 0 Å². The smallest absolute Gasteiger partial charge is 0.107 e. The zero-order chi connectivity index (χ0) is 7.40. The Labute approximate surface area is 58.7 Å². The average molecular weight is 143 g/mol. The molecule has 0 fully saturated rings. The maximum Gasteiger partial charge on any atom is 0.107 e. The summed E-state index contributed by atoms with van der Waals surface area (Å²) in [6, 6.07) is 0. The van der Waals surface area contributed by atoms with Crippen LogP contribution in [0.25, 0.3) is 0 Å². The van der Waals surface area contributed by atoms with Crippen molar-refractivity contribution in [2.24, 2.45) is 5.73 Å². The molecule has 0 aliphatic carbocycles. The molecule has 1 heterocycles. The van der Waals surface area contributed by atoms with E-state index in [0.29, 0.717) is 13.1 Å². The molecule has 1 aromatic rings. The summed E-state index contributed by atoms with van der Waals surface area (Å²) in [6.45, 7) is 0.423. The van der Waals surface area contributed by atoms with Gasteiger partial charge in [0.05, 0.1) is 18.6 Å². The summed E-state index contributed by atoms with van der Waals surface area (Å²) in [5.74, 6) is 0. The van der Waals surface area contributed by atoms with Gasteiger partial charge in [0.1, 0.15) is 6.67 Å². The quantitative estimate of drug-likeness (QED) is 0.661. The normalized spacial score (nSPS) is 10.2. The van der Waals surface area contributed by atoms with Crippen molar-refractivity contribution in [1.29, 1.82) is 0 Å². The van der Waals surface area contributed by atoms with Gasteiger partial charge in [0, 0.05) is 12.7 Å². The van der Waals surface area contributed by atoms with Crippen LogP contribution in [0, 0.1) is 0 Å². The molecule has 0 radical (unpaired) electrons. The molecule has 10 heavy (non-hydrogen) atoms. The Bertz CT molecular complexity index is 197. The molecule has 0 amide bonds. The lowest BCUT2D eigenvalue weighted by molar-refractivity contribution is 0.445. The molecular formula is C6H10FN3. The minimum atomic E-state index is -0.361. The summed E-state index contributed by atoms with van der Waals surface area (Å²) < 4.78 is 13.4. The Morgan fingerprint density at radius 1 is 1.70 bits per heavy atom. The van der Waals surface area contributed by atoms with Crippen molar-refractivity contribution in [2.45, 2.75) is 13.1 Å². The molecule has 0 aliphatic heterocycles. The monoisotopic (exact) mass is 143 g/mol. The number of rotatable bonds is 3. The summed E-state index contributed by atoms with van der Waals surface area (Å²) in [5.41, 5.74) is 6.09. The SMILES string of the molecule is NCc1cn(CCF)cn1. The highest BCUT2D eigenvalue weighted by Gasteiger charge is 1.93. The van der Waals surface area contributed by atoms with Gasteiger partial charge in [-0.3, -0.25) is 0 Å². The lowest BCUT2D eigenvalue weighted by Gasteiger charge is -1.92. The summed E-state index contributed by atoms with van der Waals surface area (Å²) in [4.78, 5) is 3.92. The molecule has 2 N–H and O–H groups in total. The highest BCUT2D eigenvalue weighted by molar-refractivity contribution is 4.94. The molecular weight excluding hydrogens is 133 g/mol. The predicted molar refractivity (Wildman–Crippen MR) is 36.1 cm³/mol. The fraction of sp³-hybridized carbons (Fsp3) is 0.500. The van der Waals surface area contributed by atoms with Gasteiger partial charge in [-0.15, -0.1) is 0 Å². The van der Waals surface area contributed by atoms with Gasteiger partial charge in [0.25, 0.3) is 0 Å². The third-order valence-corrected chi connectivity index (χ3v) is 1.24. The summed E-state index contributed by atoms with van der Waals surface area (Å²) in [6.07, 6.45) is 3.33. The van der Waals surface area contributed by atoms with Gasteiger partial charge < -0.3 is 10.3 Å². The first-order chi connectivity index (χ1) is 4.86. The van der Waals surface area contributed by atoms with Gasteiger partial charge in [-0.05, 0) is 0 Å². The van der Waals surface area contributed by atoms with Gasteiger partial charge in [-0.2, -0.15) is 0 Å². The lowest BCUT2D eigenvalue weighted by Crippen LogP contribution is -1.97. The maximum absolute atomic E-state index is 11.7. The Morgan fingerprint density at radius 2 is 2.50 bits per heavy atom. The van der Waals surface area contributed by atoms with E-state index in [4.69, 9.17) is 5.73 Å². The first kappa shape index (κ1) is 7.21. The van der Waals surface area contributed by atoms with Crippen LogP contribution in [0.3, 0.4) is 0 Å². The number of imidazole rings is 1. The van der Waals surface area contributed by atoms with Crippen LogP contribution < -0.4 is 5.73 Å². The molecule has 1 aromatic heterocycles. The van der Waals surface area contributed by atoms with Gasteiger partial charge in [0.15, 0.2) is 0 Å². The van der Waals surface area contributed by atoms with Crippen molar-refractivity contribution in [3.63, 3.8) is 0 Å². The van der Waals surface area contributed by atoms with E-state index in [1.807, 2.05) is 0 Å². The van der Waals surface area contributed by atoms with Gasteiger partial charge >= 0.3 is 0 Å². The van der Waals surface area contributed by atoms with Crippen LogP contribution in [0.2, 0.25) is 0 Å².